The zero-order valence-electron chi connectivity index (χ0n) is 10.9. The van der Waals surface area contributed by atoms with Crippen LogP contribution in [0.1, 0.15) is 24.9 Å². The van der Waals surface area contributed by atoms with Gasteiger partial charge >= 0.3 is 0 Å². The Morgan fingerprint density at radius 3 is 3.10 bits per heavy atom. The van der Waals surface area contributed by atoms with E-state index in [2.05, 4.69) is 15.6 Å². The molecule has 106 valence electrons. The highest BCUT2D eigenvalue weighted by atomic mass is 35.5. The number of rotatable bonds is 3. The number of benzene rings is 1. The SMILES string of the molecule is CCCN=C1NC(=O)C(c2cc(Cl)c3c(c2)OCO3)N1. The van der Waals surface area contributed by atoms with E-state index in [1.807, 2.05) is 6.92 Å². The molecule has 2 N–H and O–H groups in total. The molecular formula is C13H14ClN3O3. The number of halogens is 1. The fourth-order valence-corrected chi connectivity index (χ4v) is 2.40. The molecule has 1 unspecified atom stereocenters. The number of amides is 1. The number of carbonyl (C=O) groups excluding carboxylic acids is 1. The Morgan fingerprint density at radius 1 is 1.45 bits per heavy atom. The van der Waals surface area contributed by atoms with Crippen LogP contribution >= 0.6 is 11.6 Å². The van der Waals surface area contributed by atoms with Crippen LogP contribution in [-0.2, 0) is 4.79 Å². The molecule has 3 rings (SSSR count). The third-order valence-electron chi connectivity index (χ3n) is 3.06. The predicted molar refractivity (Wildman–Crippen MR) is 74.2 cm³/mol. The molecule has 0 saturated carbocycles. The fourth-order valence-electron chi connectivity index (χ4n) is 2.12. The van der Waals surface area contributed by atoms with Crippen LogP contribution < -0.4 is 20.1 Å². The van der Waals surface area contributed by atoms with Crippen molar-refractivity contribution in [2.24, 2.45) is 4.99 Å². The number of ether oxygens (including phenoxy) is 2. The van der Waals surface area contributed by atoms with Crippen molar-refractivity contribution >= 4 is 23.5 Å². The topological polar surface area (TPSA) is 72.0 Å². The van der Waals surface area contributed by atoms with E-state index >= 15 is 0 Å². The van der Waals surface area contributed by atoms with Gasteiger partial charge in [0.05, 0.1) is 5.02 Å². The van der Waals surface area contributed by atoms with Crippen molar-refractivity contribution in [3.05, 3.63) is 22.7 Å². The smallest absolute Gasteiger partial charge is 0.253 e. The van der Waals surface area contributed by atoms with Gasteiger partial charge in [0.1, 0.15) is 6.04 Å². The van der Waals surface area contributed by atoms with Gasteiger partial charge in [0, 0.05) is 6.54 Å². The van der Waals surface area contributed by atoms with Crippen LogP contribution in [0.25, 0.3) is 0 Å². The molecule has 6 nitrogen and oxygen atoms in total. The van der Waals surface area contributed by atoms with Crippen molar-refractivity contribution < 1.29 is 14.3 Å². The van der Waals surface area contributed by atoms with Gasteiger partial charge in [-0.2, -0.15) is 0 Å². The highest BCUT2D eigenvalue weighted by Gasteiger charge is 2.31. The van der Waals surface area contributed by atoms with Gasteiger partial charge in [0.25, 0.3) is 5.91 Å². The maximum absolute atomic E-state index is 12.0. The normalized spacial score (nSPS) is 22.0. The number of fused-ring (bicyclic) bond motifs is 1. The van der Waals surface area contributed by atoms with Crippen LogP contribution in [-0.4, -0.2) is 25.2 Å². The molecule has 1 aromatic rings. The van der Waals surface area contributed by atoms with Crippen LogP contribution in [0, 0.1) is 0 Å². The van der Waals surface area contributed by atoms with Crippen LogP contribution in [0.15, 0.2) is 17.1 Å². The number of aliphatic imine (C=N–C) groups is 1. The van der Waals surface area contributed by atoms with Crippen LogP contribution in [0.3, 0.4) is 0 Å². The monoisotopic (exact) mass is 295 g/mol. The van der Waals surface area contributed by atoms with Crippen LogP contribution in [0.5, 0.6) is 11.5 Å². The summed E-state index contributed by atoms with van der Waals surface area (Å²) < 4.78 is 10.6. The lowest BCUT2D eigenvalue weighted by Gasteiger charge is -2.10. The predicted octanol–water partition coefficient (Wildman–Crippen LogP) is 1.60. The van der Waals surface area contributed by atoms with Gasteiger partial charge < -0.3 is 14.8 Å². The van der Waals surface area contributed by atoms with E-state index in [9.17, 15) is 4.79 Å². The Balaban J connectivity index is 1.87. The van der Waals surface area contributed by atoms with E-state index in [0.717, 1.165) is 12.0 Å². The minimum Gasteiger partial charge on any atom is -0.454 e. The number of hydrogen-bond donors (Lipinski definition) is 2. The van der Waals surface area contributed by atoms with Crippen molar-refractivity contribution in [2.45, 2.75) is 19.4 Å². The second-order valence-corrected chi connectivity index (χ2v) is 4.94. The molecule has 1 aromatic carbocycles. The van der Waals surface area contributed by atoms with Gasteiger partial charge in [-0.15, -0.1) is 0 Å². The lowest BCUT2D eigenvalue weighted by molar-refractivity contribution is -0.120. The summed E-state index contributed by atoms with van der Waals surface area (Å²) in [5, 5.41) is 6.19. The number of carbonyl (C=O) groups is 1. The van der Waals surface area contributed by atoms with E-state index in [4.69, 9.17) is 21.1 Å². The standard InChI is InChI=1S/C13H14ClN3O3/c1-2-3-15-13-16-10(12(18)17-13)7-4-8(14)11-9(5-7)19-6-20-11/h4-5,10H,2-3,6H2,1H3,(H2,15,16,17,18). The summed E-state index contributed by atoms with van der Waals surface area (Å²) in [6.07, 6.45) is 0.918. The van der Waals surface area contributed by atoms with E-state index < -0.39 is 6.04 Å². The summed E-state index contributed by atoms with van der Waals surface area (Å²) in [6.45, 7) is 2.83. The first-order valence-electron chi connectivity index (χ1n) is 6.40. The molecule has 2 aliphatic rings. The highest BCUT2D eigenvalue weighted by Crippen LogP contribution is 2.41. The van der Waals surface area contributed by atoms with Crippen molar-refractivity contribution in [3.8, 4) is 11.5 Å². The van der Waals surface area contributed by atoms with Crippen LogP contribution in [0.4, 0.5) is 0 Å². The van der Waals surface area contributed by atoms with Gasteiger partial charge in [0.15, 0.2) is 17.5 Å². The molecule has 1 fully saturated rings. The molecule has 0 bridgehead atoms. The first kappa shape index (κ1) is 13.1. The molecule has 1 saturated heterocycles. The van der Waals surface area contributed by atoms with E-state index in [1.165, 1.54) is 0 Å². The number of nitrogens with zero attached hydrogens (tertiary/aromatic N) is 1. The summed E-state index contributed by atoms with van der Waals surface area (Å²) in [7, 11) is 0. The van der Waals surface area contributed by atoms with Gasteiger partial charge in [-0.05, 0) is 24.1 Å². The highest BCUT2D eigenvalue weighted by molar-refractivity contribution is 6.32. The van der Waals surface area contributed by atoms with Gasteiger partial charge in [-0.1, -0.05) is 18.5 Å². The minimum atomic E-state index is -0.516. The zero-order valence-corrected chi connectivity index (χ0v) is 11.7. The van der Waals surface area contributed by atoms with Crippen molar-refractivity contribution in [1.29, 1.82) is 0 Å². The van der Waals surface area contributed by atoms with Crippen molar-refractivity contribution in [2.75, 3.05) is 13.3 Å². The number of hydrogen-bond acceptors (Lipinski definition) is 4. The molecule has 1 amide bonds. The Morgan fingerprint density at radius 2 is 2.30 bits per heavy atom. The van der Waals surface area contributed by atoms with Gasteiger partial charge in [-0.3, -0.25) is 15.1 Å². The lowest BCUT2D eigenvalue weighted by atomic mass is 10.1. The summed E-state index contributed by atoms with van der Waals surface area (Å²) in [6, 6.07) is 2.95. The molecular weight excluding hydrogens is 282 g/mol. The summed E-state index contributed by atoms with van der Waals surface area (Å²) in [4.78, 5) is 16.2. The molecule has 7 heteroatoms. The Kier molecular flexibility index (Phi) is 3.40. The Labute approximate surface area is 121 Å². The molecule has 0 aromatic heterocycles. The third-order valence-corrected chi connectivity index (χ3v) is 3.34. The second kappa shape index (κ2) is 5.20. The van der Waals surface area contributed by atoms with E-state index in [1.54, 1.807) is 12.1 Å². The first-order chi connectivity index (χ1) is 9.69. The lowest BCUT2D eigenvalue weighted by Crippen LogP contribution is -2.25. The minimum absolute atomic E-state index is 0.145. The summed E-state index contributed by atoms with van der Waals surface area (Å²) in [5.74, 6) is 1.42. The maximum Gasteiger partial charge on any atom is 0.253 e. The summed E-state index contributed by atoms with van der Waals surface area (Å²) >= 11 is 6.13. The average Bonchev–Trinajstić information content (AvgIpc) is 3.02. The van der Waals surface area contributed by atoms with Gasteiger partial charge in [0.2, 0.25) is 6.79 Å². The number of guanidine groups is 1. The van der Waals surface area contributed by atoms with Crippen molar-refractivity contribution in [3.63, 3.8) is 0 Å². The molecule has 1 atom stereocenters. The molecule has 2 aliphatic heterocycles. The third kappa shape index (κ3) is 2.27. The molecule has 2 heterocycles. The largest absolute Gasteiger partial charge is 0.454 e. The van der Waals surface area contributed by atoms with Crippen molar-refractivity contribution in [1.82, 2.24) is 10.6 Å². The molecule has 0 radical (unpaired) electrons. The Bertz CT molecular complexity index is 588. The van der Waals surface area contributed by atoms with E-state index in [-0.39, 0.29) is 12.7 Å². The second-order valence-electron chi connectivity index (χ2n) is 4.53. The van der Waals surface area contributed by atoms with Gasteiger partial charge in [-0.25, -0.2) is 0 Å². The molecule has 20 heavy (non-hydrogen) atoms. The number of nitrogens with one attached hydrogen (secondary N) is 2. The molecule has 0 spiro atoms. The zero-order chi connectivity index (χ0) is 14.1. The Hall–Kier alpha value is -1.95. The molecule has 0 aliphatic carbocycles. The first-order valence-corrected chi connectivity index (χ1v) is 6.77. The average molecular weight is 296 g/mol. The van der Waals surface area contributed by atoms with Crippen LogP contribution in [0.2, 0.25) is 5.02 Å². The summed E-state index contributed by atoms with van der Waals surface area (Å²) in [5.41, 5.74) is 0.721. The maximum atomic E-state index is 12.0. The fraction of sp³-hybridized carbons (Fsp3) is 0.385. The quantitative estimate of drug-likeness (QED) is 0.888. The van der Waals surface area contributed by atoms with E-state index in [0.29, 0.717) is 29.0 Å².